The maximum absolute atomic E-state index is 10.6. The van der Waals surface area contributed by atoms with Crippen molar-refractivity contribution in [3.8, 4) is 11.4 Å². The lowest BCUT2D eigenvalue weighted by atomic mass is 10.00. The lowest BCUT2D eigenvalue weighted by Gasteiger charge is -2.18. The number of rotatable bonds is 3. The number of hydrogen-bond donors (Lipinski definition) is 1. The van der Waals surface area contributed by atoms with Gasteiger partial charge in [0.05, 0.1) is 10.8 Å². The van der Waals surface area contributed by atoms with Gasteiger partial charge in [0.15, 0.2) is 0 Å². The minimum Gasteiger partial charge on any atom is -0.339 e. The summed E-state index contributed by atoms with van der Waals surface area (Å²) in [6, 6.07) is 6.14. The van der Waals surface area contributed by atoms with Gasteiger partial charge in [-0.3, -0.25) is 10.1 Å². The first-order chi connectivity index (χ1) is 9.74. The molecule has 3 rings (SSSR count). The van der Waals surface area contributed by atoms with E-state index in [4.69, 9.17) is 4.52 Å². The Balaban J connectivity index is 1.80. The van der Waals surface area contributed by atoms with Gasteiger partial charge in [-0.1, -0.05) is 5.16 Å². The molecule has 1 saturated heterocycles. The predicted octanol–water partition coefficient (Wildman–Crippen LogP) is 2.11. The van der Waals surface area contributed by atoms with Gasteiger partial charge in [-0.25, -0.2) is 0 Å². The van der Waals surface area contributed by atoms with Crippen LogP contribution < -0.4 is 5.32 Å². The lowest BCUT2D eigenvalue weighted by molar-refractivity contribution is -0.384. The molecule has 0 aliphatic carbocycles. The Hall–Kier alpha value is -2.28. The summed E-state index contributed by atoms with van der Waals surface area (Å²) in [5.74, 6) is 1.36. The average molecular weight is 274 g/mol. The first kappa shape index (κ1) is 12.7. The van der Waals surface area contributed by atoms with E-state index in [0.717, 1.165) is 31.5 Å². The number of piperidine rings is 1. The van der Waals surface area contributed by atoms with E-state index in [1.165, 1.54) is 12.1 Å². The van der Waals surface area contributed by atoms with Gasteiger partial charge in [-0.15, -0.1) is 0 Å². The maximum atomic E-state index is 10.6. The van der Waals surface area contributed by atoms with E-state index in [9.17, 15) is 10.1 Å². The summed E-state index contributed by atoms with van der Waals surface area (Å²) in [7, 11) is 0. The van der Waals surface area contributed by atoms with Crippen LogP contribution in [0.25, 0.3) is 11.4 Å². The molecule has 1 aliphatic heterocycles. The number of benzene rings is 1. The zero-order valence-electron chi connectivity index (χ0n) is 10.8. The highest BCUT2D eigenvalue weighted by Crippen LogP contribution is 2.25. The zero-order valence-corrected chi connectivity index (χ0v) is 10.8. The van der Waals surface area contributed by atoms with Gasteiger partial charge in [0, 0.05) is 24.2 Å². The average Bonchev–Trinajstić information content (AvgIpc) is 2.98. The fourth-order valence-corrected chi connectivity index (χ4v) is 2.31. The molecule has 0 saturated carbocycles. The van der Waals surface area contributed by atoms with Gasteiger partial charge in [-0.2, -0.15) is 4.98 Å². The molecule has 20 heavy (non-hydrogen) atoms. The summed E-state index contributed by atoms with van der Waals surface area (Å²) in [5.41, 5.74) is 0.767. The molecule has 1 aromatic heterocycles. The maximum Gasteiger partial charge on any atom is 0.269 e. The predicted molar refractivity (Wildman–Crippen MR) is 71.2 cm³/mol. The molecule has 7 nitrogen and oxygen atoms in total. The van der Waals surface area contributed by atoms with E-state index in [1.54, 1.807) is 12.1 Å². The summed E-state index contributed by atoms with van der Waals surface area (Å²) in [5, 5.41) is 17.9. The second-order valence-electron chi connectivity index (χ2n) is 4.80. The number of nitrogens with zero attached hydrogens (tertiary/aromatic N) is 3. The fraction of sp³-hybridized carbons (Fsp3) is 0.385. The quantitative estimate of drug-likeness (QED) is 0.680. The van der Waals surface area contributed by atoms with Crippen LogP contribution in [0.4, 0.5) is 5.69 Å². The van der Waals surface area contributed by atoms with E-state index in [1.807, 2.05) is 0 Å². The second-order valence-corrected chi connectivity index (χ2v) is 4.80. The Kier molecular flexibility index (Phi) is 3.42. The molecule has 1 fully saturated rings. The molecule has 1 aliphatic rings. The molecule has 0 unspecified atom stereocenters. The lowest BCUT2D eigenvalue weighted by Crippen LogP contribution is -2.28. The van der Waals surface area contributed by atoms with Crippen molar-refractivity contribution in [2.75, 3.05) is 13.1 Å². The van der Waals surface area contributed by atoms with Crippen molar-refractivity contribution in [1.82, 2.24) is 15.5 Å². The number of nitrogens with one attached hydrogen (secondary N) is 1. The van der Waals surface area contributed by atoms with Gasteiger partial charge in [0.1, 0.15) is 0 Å². The Labute approximate surface area is 115 Å². The highest BCUT2D eigenvalue weighted by molar-refractivity contribution is 5.56. The molecule has 2 heterocycles. The van der Waals surface area contributed by atoms with Crippen molar-refractivity contribution in [2.24, 2.45) is 0 Å². The molecule has 2 aromatic rings. The van der Waals surface area contributed by atoms with E-state index < -0.39 is 4.92 Å². The third kappa shape index (κ3) is 2.53. The number of nitro benzene ring substituents is 1. The summed E-state index contributed by atoms with van der Waals surface area (Å²) in [6.07, 6.45) is 2.13. The summed E-state index contributed by atoms with van der Waals surface area (Å²) < 4.78 is 5.30. The van der Waals surface area contributed by atoms with Gasteiger partial charge in [0.2, 0.25) is 11.7 Å². The second kappa shape index (κ2) is 5.38. The van der Waals surface area contributed by atoms with Gasteiger partial charge in [-0.05, 0) is 31.5 Å². The minimum atomic E-state index is -0.431. The highest BCUT2D eigenvalue weighted by atomic mass is 16.6. The molecule has 7 heteroatoms. The molecule has 104 valence electrons. The first-order valence-corrected chi connectivity index (χ1v) is 6.53. The minimum absolute atomic E-state index is 0.0500. The van der Waals surface area contributed by atoms with Crippen LogP contribution in [0.1, 0.15) is 24.7 Å². The third-order valence-corrected chi connectivity index (χ3v) is 3.42. The van der Waals surface area contributed by atoms with E-state index in [-0.39, 0.29) is 11.6 Å². The van der Waals surface area contributed by atoms with Gasteiger partial charge < -0.3 is 9.84 Å². The summed E-state index contributed by atoms with van der Waals surface area (Å²) >= 11 is 0. The molecular weight excluding hydrogens is 260 g/mol. The van der Waals surface area contributed by atoms with Crippen molar-refractivity contribution in [3.63, 3.8) is 0 Å². The van der Waals surface area contributed by atoms with Crippen molar-refractivity contribution < 1.29 is 9.45 Å². The van der Waals surface area contributed by atoms with Crippen LogP contribution >= 0.6 is 0 Å². The van der Waals surface area contributed by atoms with Gasteiger partial charge in [0.25, 0.3) is 5.69 Å². The van der Waals surface area contributed by atoms with Crippen molar-refractivity contribution in [3.05, 3.63) is 40.3 Å². The number of non-ortho nitro benzene ring substituents is 1. The molecule has 0 bridgehead atoms. The number of aromatic nitrogens is 2. The van der Waals surface area contributed by atoms with E-state index in [0.29, 0.717) is 11.7 Å². The Morgan fingerprint density at radius 3 is 2.80 bits per heavy atom. The molecule has 0 amide bonds. The van der Waals surface area contributed by atoms with Crippen LogP contribution in [0.5, 0.6) is 0 Å². The molecule has 1 N–H and O–H groups in total. The third-order valence-electron chi connectivity index (χ3n) is 3.42. The Morgan fingerprint density at radius 2 is 2.15 bits per heavy atom. The van der Waals surface area contributed by atoms with Gasteiger partial charge >= 0.3 is 0 Å². The fourth-order valence-electron chi connectivity index (χ4n) is 2.31. The van der Waals surface area contributed by atoms with Crippen LogP contribution in [0, 0.1) is 10.1 Å². The van der Waals surface area contributed by atoms with Crippen LogP contribution in [-0.2, 0) is 0 Å². The summed E-state index contributed by atoms with van der Waals surface area (Å²) in [4.78, 5) is 14.6. The summed E-state index contributed by atoms with van der Waals surface area (Å²) in [6.45, 7) is 1.88. The monoisotopic (exact) mass is 274 g/mol. The van der Waals surface area contributed by atoms with Crippen LogP contribution in [0.2, 0.25) is 0 Å². The molecule has 0 spiro atoms. The smallest absolute Gasteiger partial charge is 0.269 e. The number of nitro groups is 1. The molecule has 1 atom stereocenters. The zero-order chi connectivity index (χ0) is 13.9. The molecule has 0 radical (unpaired) electrons. The highest BCUT2D eigenvalue weighted by Gasteiger charge is 2.21. The topological polar surface area (TPSA) is 94.1 Å². The SMILES string of the molecule is O=[N+]([O-])c1ccc(-c2noc([C@H]3CCCNC3)n2)cc1. The van der Waals surface area contributed by atoms with Crippen LogP contribution in [-0.4, -0.2) is 28.2 Å². The standard InChI is InChI=1S/C13H14N4O3/c18-17(19)11-5-3-9(4-6-11)12-15-13(20-16-12)10-2-1-7-14-8-10/h3-6,10,14H,1-2,7-8H2/t10-/m0/s1. The van der Waals surface area contributed by atoms with E-state index in [2.05, 4.69) is 15.5 Å². The Morgan fingerprint density at radius 1 is 1.35 bits per heavy atom. The van der Waals surface area contributed by atoms with Crippen molar-refractivity contribution in [1.29, 1.82) is 0 Å². The van der Waals surface area contributed by atoms with Crippen molar-refractivity contribution >= 4 is 5.69 Å². The molecule has 1 aromatic carbocycles. The first-order valence-electron chi connectivity index (χ1n) is 6.53. The van der Waals surface area contributed by atoms with Crippen LogP contribution in [0.3, 0.4) is 0 Å². The van der Waals surface area contributed by atoms with E-state index >= 15 is 0 Å². The van der Waals surface area contributed by atoms with Crippen molar-refractivity contribution in [2.45, 2.75) is 18.8 Å². The molecular formula is C13H14N4O3. The number of hydrogen-bond acceptors (Lipinski definition) is 6. The largest absolute Gasteiger partial charge is 0.339 e. The van der Waals surface area contributed by atoms with Crippen LogP contribution in [0.15, 0.2) is 28.8 Å². The normalized spacial score (nSPS) is 18.9. The Bertz CT molecular complexity index is 602.